The van der Waals surface area contributed by atoms with Gasteiger partial charge in [0.1, 0.15) is 13.1 Å². The van der Waals surface area contributed by atoms with Crippen LogP contribution >= 0.6 is 0 Å². The Bertz CT molecular complexity index is 1270. The summed E-state index contributed by atoms with van der Waals surface area (Å²) in [5.41, 5.74) is -1.53. The van der Waals surface area contributed by atoms with Gasteiger partial charge in [0.2, 0.25) is 23.4 Å². The number of rotatable bonds is 4. The van der Waals surface area contributed by atoms with Crippen molar-refractivity contribution < 1.29 is 77.9 Å². The number of ether oxygens (including phenoxy) is 2. The SMILES string of the molecule is C[C@@H]1CCC2[C@@H](C)C(=O)N(CC(=O)O)C3O[C@]4(C)CCC1C23OO4.C[C@@H]1CCC2[C@@H](C)C(=O)N(CC(=O)O)C3O[C@]4(C)CCC1C23OO4.[Zn]. The molecule has 10 fully saturated rings. The largest absolute Gasteiger partial charge is 0.480 e. The van der Waals surface area contributed by atoms with Crippen LogP contribution in [0.25, 0.3) is 0 Å². The van der Waals surface area contributed by atoms with Gasteiger partial charge in [0.25, 0.3) is 0 Å². The molecular weight excluding hydrogens is 694 g/mol. The maximum absolute atomic E-state index is 12.9. The zero-order valence-electron chi connectivity index (χ0n) is 29.4. The van der Waals surface area contributed by atoms with E-state index < -0.39 is 47.2 Å². The molecule has 49 heavy (non-hydrogen) atoms. The van der Waals surface area contributed by atoms with Crippen LogP contribution in [0.2, 0.25) is 0 Å². The van der Waals surface area contributed by atoms with E-state index in [1.807, 2.05) is 13.8 Å². The first-order valence-corrected chi connectivity index (χ1v) is 17.7. The third kappa shape index (κ3) is 5.51. The van der Waals surface area contributed by atoms with Crippen molar-refractivity contribution in [3.63, 3.8) is 0 Å². The Hall–Kier alpha value is -1.74. The molecule has 15 heteroatoms. The number of fused-ring (bicyclic) bond motifs is 4. The molecule has 8 heterocycles. The molecule has 2 aliphatic carbocycles. The molecule has 0 aromatic carbocycles. The van der Waals surface area contributed by atoms with Crippen molar-refractivity contribution in [1.82, 2.24) is 9.80 Å². The normalized spacial score (nSPS) is 49.3. The summed E-state index contributed by atoms with van der Waals surface area (Å²) in [5, 5.41) is 18.6. The maximum atomic E-state index is 12.9. The fraction of sp³-hybridized carbons (Fsp3) is 0.882. The summed E-state index contributed by atoms with van der Waals surface area (Å²) < 4.78 is 12.4. The minimum atomic E-state index is -1.04. The van der Waals surface area contributed by atoms with Crippen molar-refractivity contribution in [3.05, 3.63) is 0 Å². The van der Waals surface area contributed by atoms with Gasteiger partial charge < -0.3 is 29.5 Å². The second-order valence-corrected chi connectivity index (χ2v) is 16.2. The summed E-state index contributed by atoms with van der Waals surface area (Å²) in [4.78, 5) is 74.6. The Balaban J connectivity index is 0.000000167. The molecular formula is C34H50N2O12Zn. The average Bonchev–Trinajstić information content (AvgIpc) is 3.41. The predicted octanol–water partition coefficient (Wildman–Crippen LogP) is 3.53. The van der Waals surface area contributed by atoms with E-state index in [9.17, 15) is 29.4 Å². The molecule has 0 aromatic heterocycles. The van der Waals surface area contributed by atoms with Crippen LogP contribution in [0.15, 0.2) is 0 Å². The first-order valence-electron chi connectivity index (χ1n) is 17.7. The van der Waals surface area contributed by atoms with Gasteiger partial charge in [0.05, 0.1) is 0 Å². The number of carboxylic acid groups (broad SMARTS) is 2. The van der Waals surface area contributed by atoms with Crippen molar-refractivity contribution >= 4 is 23.8 Å². The van der Waals surface area contributed by atoms with Crippen LogP contribution in [0.1, 0.15) is 92.9 Å². The number of carboxylic acids is 2. The predicted molar refractivity (Wildman–Crippen MR) is 163 cm³/mol. The molecule has 10 rings (SSSR count). The monoisotopic (exact) mass is 742 g/mol. The van der Waals surface area contributed by atoms with Gasteiger partial charge >= 0.3 is 11.9 Å². The van der Waals surface area contributed by atoms with E-state index in [1.54, 1.807) is 13.8 Å². The van der Waals surface area contributed by atoms with Crippen LogP contribution in [-0.4, -0.2) is 92.1 Å². The Kier molecular flexibility index (Phi) is 9.63. The number of amides is 2. The zero-order chi connectivity index (χ0) is 34.6. The van der Waals surface area contributed by atoms with E-state index in [0.717, 1.165) is 38.5 Å². The summed E-state index contributed by atoms with van der Waals surface area (Å²) in [6, 6.07) is 0. The Labute approximate surface area is 299 Å². The van der Waals surface area contributed by atoms with Crippen LogP contribution in [0.5, 0.6) is 0 Å². The number of hydrogen-bond acceptors (Lipinski definition) is 10. The van der Waals surface area contributed by atoms with E-state index in [2.05, 4.69) is 13.8 Å². The van der Waals surface area contributed by atoms with Crippen molar-refractivity contribution in [2.45, 2.75) is 128 Å². The van der Waals surface area contributed by atoms with Gasteiger partial charge in [0.15, 0.2) is 23.7 Å². The average molecular weight is 744 g/mol. The first kappa shape index (κ1) is 37.0. The fourth-order valence-corrected chi connectivity index (χ4v) is 10.9. The summed E-state index contributed by atoms with van der Waals surface area (Å²) in [6.07, 6.45) is 5.57. The van der Waals surface area contributed by atoms with Gasteiger partial charge in [-0.1, -0.05) is 27.7 Å². The molecule has 2 N–H and O–H groups in total. The van der Waals surface area contributed by atoms with E-state index in [1.165, 1.54) is 9.80 Å². The molecule has 2 amide bonds. The van der Waals surface area contributed by atoms with E-state index in [0.29, 0.717) is 24.7 Å². The molecule has 0 radical (unpaired) electrons. The second-order valence-electron chi connectivity index (χ2n) is 16.2. The van der Waals surface area contributed by atoms with Crippen molar-refractivity contribution in [1.29, 1.82) is 0 Å². The van der Waals surface area contributed by atoms with Crippen molar-refractivity contribution in [3.8, 4) is 0 Å². The van der Waals surface area contributed by atoms with Gasteiger partial charge in [-0.25, -0.2) is 19.6 Å². The van der Waals surface area contributed by atoms with Gasteiger partial charge in [-0.3, -0.25) is 19.2 Å². The number of carbonyl (C=O) groups is 4. The van der Waals surface area contributed by atoms with Crippen LogP contribution in [-0.2, 0) is 67.7 Å². The molecule has 270 valence electrons. The molecule has 10 aliphatic rings. The van der Waals surface area contributed by atoms with E-state index >= 15 is 0 Å². The summed E-state index contributed by atoms with van der Waals surface area (Å²) in [6.45, 7) is 11.0. The Morgan fingerprint density at radius 3 is 1.35 bits per heavy atom. The molecule has 8 aliphatic heterocycles. The number of hydrogen-bond donors (Lipinski definition) is 2. The third-order valence-electron chi connectivity index (χ3n) is 13.3. The van der Waals surface area contributed by atoms with E-state index in [4.69, 9.17) is 29.0 Å². The van der Waals surface area contributed by atoms with Gasteiger partial charge in [-0.2, -0.15) is 0 Å². The zero-order valence-corrected chi connectivity index (χ0v) is 32.4. The molecule has 2 saturated carbocycles. The molecule has 14 atom stereocenters. The van der Waals surface area contributed by atoms with Crippen molar-refractivity contribution in [2.75, 3.05) is 13.1 Å². The number of aliphatic carboxylic acids is 2. The number of piperidine rings is 2. The van der Waals surface area contributed by atoms with Crippen molar-refractivity contribution in [2.24, 2.45) is 47.3 Å². The summed E-state index contributed by atoms with van der Waals surface area (Å²) in [7, 11) is 0. The maximum Gasteiger partial charge on any atom is 0.323 e. The molecule has 2 spiro atoms. The number of nitrogens with zero attached hydrogens (tertiary/aromatic N) is 2. The Morgan fingerprint density at radius 2 is 1.00 bits per heavy atom. The summed E-state index contributed by atoms with van der Waals surface area (Å²) >= 11 is 0. The molecule has 8 saturated heterocycles. The van der Waals surface area contributed by atoms with Crippen LogP contribution < -0.4 is 0 Å². The molecule has 14 nitrogen and oxygen atoms in total. The topological polar surface area (TPSA) is 171 Å². The number of carbonyl (C=O) groups excluding carboxylic acids is 2. The second kappa shape index (κ2) is 12.7. The third-order valence-corrected chi connectivity index (χ3v) is 13.3. The number of likely N-dealkylation sites (tertiary alicyclic amines) is 2. The fourth-order valence-electron chi connectivity index (χ4n) is 10.9. The van der Waals surface area contributed by atoms with Crippen LogP contribution in [0.4, 0.5) is 0 Å². The van der Waals surface area contributed by atoms with Gasteiger partial charge in [0, 0.05) is 56.0 Å². The smallest absolute Gasteiger partial charge is 0.323 e. The van der Waals surface area contributed by atoms with Gasteiger partial charge in [-0.05, 0) is 76.0 Å². The summed E-state index contributed by atoms with van der Waals surface area (Å²) in [5.74, 6) is -3.67. The van der Waals surface area contributed by atoms with Crippen LogP contribution in [0.3, 0.4) is 0 Å². The van der Waals surface area contributed by atoms with Crippen LogP contribution in [0, 0.1) is 47.3 Å². The standard InChI is InChI=1S/2C17H25NO6.Zn/c2*1-9-4-5-12-10(2)14(21)18(8-13(19)20)15-17(12)11(9)6-7-16(3,22-15)23-24-17;/h2*9-12,15H,4-8H2,1-3H3,(H,19,20);/t2*9-,10-,11?,12?,15?,16+,17?;/m11./s1. The molecule has 8 unspecified atom stereocenters. The minimum Gasteiger partial charge on any atom is -0.480 e. The first-order chi connectivity index (χ1) is 22.6. The van der Waals surface area contributed by atoms with E-state index in [-0.39, 0.29) is 79.9 Å². The van der Waals surface area contributed by atoms with Gasteiger partial charge in [-0.15, -0.1) is 0 Å². The quantitative estimate of drug-likeness (QED) is 0.318. The molecule has 0 aromatic rings. The Morgan fingerprint density at radius 1 is 0.633 bits per heavy atom. The molecule has 4 bridgehead atoms. The minimum absolute atomic E-state index is 0.